The van der Waals surface area contributed by atoms with Crippen molar-refractivity contribution in [3.05, 3.63) is 113 Å². The van der Waals surface area contributed by atoms with E-state index < -0.39 is 21.7 Å². The van der Waals surface area contributed by atoms with Crippen molar-refractivity contribution in [1.82, 2.24) is 9.21 Å². The lowest BCUT2D eigenvalue weighted by Crippen LogP contribution is -2.30. The Bertz CT molecular complexity index is 1560. The Hall–Kier alpha value is -4.11. The minimum atomic E-state index is -3.81. The predicted molar refractivity (Wildman–Crippen MR) is 134 cm³/mol. The molecule has 0 unspecified atom stereocenters. The topological polar surface area (TPSA) is 75.9 Å². The number of sulfonamides is 1. The average molecular weight is 508 g/mol. The molecule has 0 spiro atoms. The van der Waals surface area contributed by atoms with E-state index in [2.05, 4.69) is 0 Å². The maximum Gasteiger partial charge on any atom is 0.264 e. The molecule has 0 aromatic heterocycles. The standard InChI is InChI=1S/C27H23F2N3O3S/c1-17-3-7-20(8-4-17)36(33,34)32-12-11-21-23(15-31(2)16-25(21)32)22-14-19(30)6-10-26(22)35-27-9-5-18(28)13-24(27)29/h3-11,13-16H,12,30H2,1-2H3. The van der Waals surface area contributed by atoms with Gasteiger partial charge in [0.25, 0.3) is 10.0 Å². The van der Waals surface area contributed by atoms with E-state index >= 15 is 0 Å². The Morgan fingerprint density at radius 2 is 1.64 bits per heavy atom. The van der Waals surface area contributed by atoms with Crippen molar-refractivity contribution in [3.63, 3.8) is 0 Å². The van der Waals surface area contributed by atoms with E-state index in [4.69, 9.17) is 10.5 Å². The number of benzene rings is 3. The number of allylic oxidation sites excluding steroid dienone is 1. The predicted octanol–water partition coefficient (Wildman–Crippen LogP) is 5.41. The highest BCUT2D eigenvalue weighted by Crippen LogP contribution is 2.44. The minimum Gasteiger partial charge on any atom is -0.454 e. The lowest BCUT2D eigenvalue weighted by Gasteiger charge is -2.28. The van der Waals surface area contributed by atoms with E-state index in [1.165, 1.54) is 10.4 Å². The van der Waals surface area contributed by atoms with Crippen molar-refractivity contribution in [2.24, 2.45) is 0 Å². The van der Waals surface area contributed by atoms with Gasteiger partial charge in [-0.15, -0.1) is 0 Å². The number of nitrogens with two attached hydrogens (primary N) is 1. The van der Waals surface area contributed by atoms with Crippen LogP contribution in [0.5, 0.6) is 11.5 Å². The maximum absolute atomic E-state index is 14.3. The van der Waals surface area contributed by atoms with Gasteiger partial charge in [-0.3, -0.25) is 4.31 Å². The van der Waals surface area contributed by atoms with Gasteiger partial charge in [-0.05, 0) is 49.4 Å². The minimum absolute atomic E-state index is 0.146. The molecule has 0 radical (unpaired) electrons. The van der Waals surface area contributed by atoms with Crippen molar-refractivity contribution < 1.29 is 21.9 Å². The van der Waals surface area contributed by atoms with Gasteiger partial charge in [-0.25, -0.2) is 17.2 Å². The quantitative estimate of drug-likeness (QED) is 0.468. The van der Waals surface area contributed by atoms with Crippen LogP contribution in [0.15, 0.2) is 95.3 Å². The number of hydrogen-bond acceptors (Lipinski definition) is 5. The van der Waals surface area contributed by atoms with E-state index in [0.29, 0.717) is 28.1 Å². The number of aryl methyl sites for hydroxylation is 1. The van der Waals surface area contributed by atoms with Crippen LogP contribution in [0.3, 0.4) is 0 Å². The molecule has 0 aliphatic carbocycles. The van der Waals surface area contributed by atoms with E-state index in [9.17, 15) is 17.2 Å². The molecule has 184 valence electrons. The summed E-state index contributed by atoms with van der Waals surface area (Å²) in [6.07, 6.45) is 5.38. The molecule has 0 fully saturated rings. The van der Waals surface area contributed by atoms with Gasteiger partial charge in [0.15, 0.2) is 11.6 Å². The van der Waals surface area contributed by atoms with Gasteiger partial charge in [0.2, 0.25) is 0 Å². The van der Waals surface area contributed by atoms with Gasteiger partial charge in [-0.1, -0.05) is 23.8 Å². The van der Waals surface area contributed by atoms with Crippen LogP contribution in [0.2, 0.25) is 0 Å². The summed E-state index contributed by atoms with van der Waals surface area (Å²) in [5, 5.41) is 0. The number of rotatable bonds is 5. The SMILES string of the molecule is Cc1ccc(S(=O)(=O)N2CC=C3C(c4cc(N)ccc4Oc4ccc(F)cc4F)=CN(C)C=C32)cc1. The molecule has 2 aliphatic heterocycles. The average Bonchev–Trinajstić information content (AvgIpc) is 3.26. The molecule has 0 saturated heterocycles. The molecule has 0 bridgehead atoms. The van der Waals surface area contributed by atoms with Gasteiger partial charge in [0.1, 0.15) is 11.6 Å². The summed E-state index contributed by atoms with van der Waals surface area (Å²) in [7, 11) is -2.03. The van der Waals surface area contributed by atoms with E-state index in [-0.39, 0.29) is 22.9 Å². The molecule has 0 atom stereocenters. The monoisotopic (exact) mass is 507 g/mol. The van der Waals surface area contributed by atoms with Crippen LogP contribution >= 0.6 is 0 Å². The van der Waals surface area contributed by atoms with E-state index in [1.54, 1.807) is 60.6 Å². The van der Waals surface area contributed by atoms with Crippen LogP contribution in [0.1, 0.15) is 11.1 Å². The number of hydrogen-bond donors (Lipinski definition) is 1. The molecule has 3 aromatic rings. The van der Waals surface area contributed by atoms with Crippen molar-refractivity contribution in [2.75, 3.05) is 19.3 Å². The first-order chi connectivity index (χ1) is 17.1. The zero-order valence-corrected chi connectivity index (χ0v) is 20.4. The number of fused-ring (bicyclic) bond motifs is 1. The number of halogens is 2. The van der Waals surface area contributed by atoms with Crippen molar-refractivity contribution >= 4 is 21.3 Å². The third kappa shape index (κ3) is 4.22. The second-order valence-electron chi connectivity index (χ2n) is 8.62. The third-order valence-electron chi connectivity index (χ3n) is 5.97. The highest BCUT2D eigenvalue weighted by molar-refractivity contribution is 7.89. The van der Waals surface area contributed by atoms with Crippen LogP contribution in [0.4, 0.5) is 14.5 Å². The fraction of sp³-hybridized carbons (Fsp3) is 0.111. The largest absolute Gasteiger partial charge is 0.454 e. The molecule has 2 aliphatic rings. The molecule has 0 amide bonds. The normalized spacial score (nSPS) is 15.3. The Morgan fingerprint density at radius 3 is 2.36 bits per heavy atom. The van der Waals surface area contributed by atoms with Gasteiger partial charge < -0.3 is 15.4 Å². The lowest BCUT2D eigenvalue weighted by atomic mass is 9.94. The zero-order chi connectivity index (χ0) is 25.6. The summed E-state index contributed by atoms with van der Waals surface area (Å²) in [4.78, 5) is 1.94. The first-order valence-corrected chi connectivity index (χ1v) is 12.6. The third-order valence-corrected chi connectivity index (χ3v) is 7.77. The first-order valence-electron chi connectivity index (χ1n) is 11.1. The molecule has 36 heavy (non-hydrogen) atoms. The van der Waals surface area contributed by atoms with Crippen molar-refractivity contribution in [2.45, 2.75) is 11.8 Å². The molecule has 2 heterocycles. The molecule has 0 saturated carbocycles. The highest BCUT2D eigenvalue weighted by atomic mass is 32.2. The summed E-state index contributed by atoms with van der Waals surface area (Å²) < 4.78 is 61.8. The summed E-state index contributed by atoms with van der Waals surface area (Å²) in [6, 6.07) is 14.7. The number of nitrogen functional groups attached to an aromatic ring is 1. The number of anilines is 1. The van der Waals surface area contributed by atoms with Gasteiger partial charge >= 0.3 is 0 Å². The molecule has 2 N–H and O–H groups in total. The fourth-order valence-electron chi connectivity index (χ4n) is 4.20. The van der Waals surface area contributed by atoms with Gasteiger partial charge in [0, 0.05) is 47.9 Å². The zero-order valence-electron chi connectivity index (χ0n) is 19.6. The second kappa shape index (κ2) is 8.83. The molecular formula is C27H23F2N3O3S. The summed E-state index contributed by atoms with van der Waals surface area (Å²) in [5.41, 5.74) is 9.85. The highest BCUT2D eigenvalue weighted by Gasteiger charge is 2.35. The summed E-state index contributed by atoms with van der Waals surface area (Å²) in [6.45, 7) is 2.04. The van der Waals surface area contributed by atoms with Crippen LogP contribution in [-0.2, 0) is 10.0 Å². The Labute approximate surface area is 208 Å². The second-order valence-corrected chi connectivity index (χ2v) is 10.5. The molecular weight excluding hydrogens is 484 g/mol. The van der Waals surface area contributed by atoms with E-state index in [0.717, 1.165) is 17.7 Å². The smallest absolute Gasteiger partial charge is 0.264 e. The van der Waals surface area contributed by atoms with Crippen LogP contribution in [-0.4, -0.2) is 31.2 Å². The Kier molecular flexibility index (Phi) is 5.80. The van der Waals surface area contributed by atoms with Crippen LogP contribution in [0.25, 0.3) is 5.57 Å². The lowest BCUT2D eigenvalue weighted by molar-refractivity contribution is 0.436. The van der Waals surface area contributed by atoms with Crippen LogP contribution in [0, 0.1) is 18.6 Å². The maximum atomic E-state index is 14.3. The number of ether oxygens (including phenoxy) is 1. The fourth-order valence-corrected chi connectivity index (χ4v) is 5.61. The van der Waals surface area contributed by atoms with Crippen molar-refractivity contribution in [3.8, 4) is 11.5 Å². The van der Waals surface area contributed by atoms with Crippen LogP contribution < -0.4 is 10.5 Å². The molecule has 5 rings (SSSR count). The van der Waals surface area contributed by atoms with E-state index in [1.807, 2.05) is 19.2 Å². The first kappa shape index (κ1) is 23.6. The van der Waals surface area contributed by atoms with Crippen molar-refractivity contribution in [1.29, 1.82) is 0 Å². The molecule has 3 aromatic carbocycles. The van der Waals surface area contributed by atoms with Gasteiger partial charge in [0.05, 0.1) is 17.1 Å². The Balaban J connectivity index is 1.53. The Morgan fingerprint density at radius 1 is 0.917 bits per heavy atom. The molecule has 6 nitrogen and oxygen atoms in total. The summed E-state index contributed by atoms with van der Waals surface area (Å²) >= 11 is 0. The van der Waals surface area contributed by atoms with Gasteiger partial charge in [-0.2, -0.15) is 0 Å². The summed E-state index contributed by atoms with van der Waals surface area (Å²) in [5.74, 6) is -1.42. The molecule has 9 heteroatoms. The number of nitrogens with zero attached hydrogens (tertiary/aromatic N) is 2.